The van der Waals surface area contributed by atoms with Crippen LogP contribution < -0.4 is 4.74 Å². The van der Waals surface area contributed by atoms with Crippen LogP contribution in [0.5, 0.6) is 5.75 Å². The molecule has 0 atom stereocenters. The van der Waals surface area contributed by atoms with Gasteiger partial charge in [-0.2, -0.15) is 0 Å². The molecule has 0 radical (unpaired) electrons. The van der Waals surface area contributed by atoms with Crippen molar-refractivity contribution in [1.82, 2.24) is 9.55 Å². The standard InChI is InChI=1S/C12H13N3O5S/c1-14-11(13-7-12(14)15(16)17)8-20-9-3-5-10(6-4-9)21(2,18)19/h3-7H,8H2,1-2H3/i1D3. The van der Waals surface area contributed by atoms with Crippen LogP contribution in [0.3, 0.4) is 0 Å². The van der Waals surface area contributed by atoms with Gasteiger partial charge in [-0.25, -0.2) is 18.0 Å². The minimum Gasteiger partial charge on any atom is -0.483 e. The first-order valence-electron chi connectivity index (χ1n) is 7.14. The second-order valence-electron chi connectivity index (χ2n) is 4.16. The van der Waals surface area contributed by atoms with Crippen molar-refractivity contribution in [3.63, 3.8) is 0 Å². The van der Waals surface area contributed by atoms with Crippen molar-refractivity contribution < 1.29 is 22.2 Å². The van der Waals surface area contributed by atoms with Gasteiger partial charge in [0.2, 0.25) is 5.82 Å². The number of nitro groups is 1. The summed E-state index contributed by atoms with van der Waals surface area (Å²) in [5, 5.41) is 10.9. The zero-order valence-electron chi connectivity index (χ0n) is 13.9. The molecule has 2 aromatic rings. The molecule has 1 aromatic carbocycles. The highest BCUT2D eigenvalue weighted by Crippen LogP contribution is 2.18. The molecule has 0 fully saturated rings. The Hall–Kier alpha value is -2.42. The third-order valence-electron chi connectivity index (χ3n) is 2.62. The SMILES string of the molecule is [2H]C([2H])([2H])n1c([N+](=O)[O-])cnc1COc1ccc(S(C)(=O)=O)cc1. The van der Waals surface area contributed by atoms with Crippen LogP contribution in [-0.2, 0) is 23.4 Å². The summed E-state index contributed by atoms with van der Waals surface area (Å²) in [5.74, 6) is -0.542. The number of rotatable bonds is 5. The van der Waals surface area contributed by atoms with Crippen molar-refractivity contribution in [2.75, 3.05) is 6.26 Å². The fourth-order valence-corrected chi connectivity index (χ4v) is 2.17. The second-order valence-corrected chi connectivity index (χ2v) is 6.17. The number of sulfone groups is 1. The summed E-state index contributed by atoms with van der Waals surface area (Å²) in [7, 11) is -3.34. The third-order valence-corrected chi connectivity index (χ3v) is 3.75. The minimum atomic E-state index is -3.34. The van der Waals surface area contributed by atoms with Crippen molar-refractivity contribution >= 4 is 15.7 Å². The Morgan fingerprint density at radius 1 is 1.43 bits per heavy atom. The lowest BCUT2D eigenvalue weighted by Gasteiger charge is -2.05. The monoisotopic (exact) mass is 314 g/mol. The van der Waals surface area contributed by atoms with Crippen LogP contribution >= 0.6 is 0 Å². The largest absolute Gasteiger partial charge is 0.483 e. The lowest BCUT2D eigenvalue weighted by molar-refractivity contribution is -0.391. The number of hydrogen-bond acceptors (Lipinski definition) is 6. The maximum atomic E-state index is 11.4. The zero-order valence-corrected chi connectivity index (χ0v) is 11.7. The van der Waals surface area contributed by atoms with Crippen LogP contribution in [0.25, 0.3) is 0 Å². The van der Waals surface area contributed by atoms with Crippen LogP contribution in [-0.4, -0.2) is 29.1 Å². The molecular weight excluding hydrogens is 298 g/mol. The highest BCUT2D eigenvalue weighted by Gasteiger charge is 2.16. The molecule has 0 saturated heterocycles. The number of ether oxygens (including phenoxy) is 1. The summed E-state index contributed by atoms with van der Waals surface area (Å²) in [6.07, 6.45) is 1.91. The summed E-state index contributed by atoms with van der Waals surface area (Å²) >= 11 is 0. The van der Waals surface area contributed by atoms with Crippen molar-refractivity contribution in [2.45, 2.75) is 11.5 Å². The van der Waals surface area contributed by atoms with Crippen LogP contribution in [0.2, 0.25) is 0 Å². The van der Waals surface area contributed by atoms with E-state index < -0.39 is 27.6 Å². The van der Waals surface area contributed by atoms with Crippen molar-refractivity contribution in [3.8, 4) is 5.75 Å². The molecule has 0 saturated carbocycles. The van der Waals surface area contributed by atoms with Crippen molar-refractivity contribution in [3.05, 3.63) is 46.4 Å². The number of imidazole rings is 1. The van der Waals surface area contributed by atoms with Crippen LogP contribution in [0.4, 0.5) is 5.82 Å². The molecule has 112 valence electrons. The molecule has 0 aliphatic carbocycles. The molecule has 0 unspecified atom stereocenters. The Bertz CT molecular complexity index is 859. The number of hydrogen-bond donors (Lipinski definition) is 0. The molecule has 1 heterocycles. The second kappa shape index (κ2) is 5.52. The van der Waals surface area contributed by atoms with E-state index >= 15 is 0 Å². The topological polar surface area (TPSA) is 104 Å². The Labute approximate surface area is 125 Å². The molecule has 2 rings (SSSR count). The summed E-state index contributed by atoms with van der Waals surface area (Å²) in [4.78, 5) is 13.9. The van der Waals surface area contributed by atoms with E-state index in [4.69, 9.17) is 8.85 Å². The number of aromatic nitrogens is 2. The van der Waals surface area contributed by atoms with Gasteiger partial charge < -0.3 is 14.9 Å². The Morgan fingerprint density at radius 2 is 2.10 bits per heavy atom. The first kappa shape index (κ1) is 11.3. The normalized spacial score (nSPS) is 14.0. The van der Waals surface area contributed by atoms with E-state index in [1.54, 1.807) is 0 Å². The molecule has 0 spiro atoms. The fraction of sp³-hybridized carbons (Fsp3) is 0.250. The van der Waals surface area contributed by atoms with Gasteiger partial charge in [-0.15, -0.1) is 0 Å². The van der Waals surface area contributed by atoms with Crippen molar-refractivity contribution in [1.29, 1.82) is 0 Å². The van der Waals surface area contributed by atoms with Gasteiger partial charge in [0, 0.05) is 6.26 Å². The van der Waals surface area contributed by atoms with E-state index in [1.165, 1.54) is 24.3 Å². The summed E-state index contributed by atoms with van der Waals surface area (Å²) < 4.78 is 50.7. The van der Waals surface area contributed by atoms with Gasteiger partial charge in [0.25, 0.3) is 0 Å². The van der Waals surface area contributed by atoms with Crippen LogP contribution in [0.1, 0.15) is 9.94 Å². The number of benzene rings is 1. The van der Waals surface area contributed by atoms with Crippen LogP contribution in [0, 0.1) is 10.1 Å². The van der Waals surface area contributed by atoms with Crippen LogP contribution in [0.15, 0.2) is 35.4 Å². The summed E-state index contributed by atoms with van der Waals surface area (Å²) in [6.45, 7) is -3.11. The maximum absolute atomic E-state index is 11.4. The first-order valence-corrected chi connectivity index (χ1v) is 7.53. The van der Waals surface area contributed by atoms with Crippen molar-refractivity contribution in [2.24, 2.45) is 6.98 Å². The zero-order chi connectivity index (χ0) is 18.1. The lowest BCUT2D eigenvalue weighted by atomic mass is 10.3. The highest BCUT2D eigenvalue weighted by atomic mass is 32.2. The summed E-state index contributed by atoms with van der Waals surface area (Å²) in [5.41, 5.74) is 0. The average molecular weight is 314 g/mol. The molecule has 0 aliphatic rings. The van der Waals surface area contributed by atoms with Gasteiger partial charge in [0.15, 0.2) is 16.4 Å². The van der Waals surface area contributed by atoms with Gasteiger partial charge in [0.1, 0.15) is 11.9 Å². The predicted octanol–water partition coefficient (Wildman–Crippen LogP) is 1.31. The quantitative estimate of drug-likeness (QED) is 0.608. The Kier molecular flexibility index (Phi) is 2.96. The van der Waals surface area contributed by atoms with E-state index in [0.29, 0.717) is 4.57 Å². The molecule has 8 nitrogen and oxygen atoms in total. The predicted molar refractivity (Wildman–Crippen MR) is 73.7 cm³/mol. The molecule has 0 aliphatic heterocycles. The summed E-state index contributed by atoms with van der Waals surface area (Å²) in [6, 6.07) is 5.47. The van der Waals surface area contributed by atoms with Gasteiger partial charge in [-0.1, -0.05) is 0 Å². The fourth-order valence-electron chi connectivity index (χ4n) is 1.54. The van der Waals surface area contributed by atoms with Gasteiger partial charge in [-0.3, -0.25) is 0 Å². The van der Waals surface area contributed by atoms with E-state index in [2.05, 4.69) is 4.98 Å². The number of nitrogens with zero attached hydrogens (tertiary/aromatic N) is 3. The molecule has 1 aromatic heterocycles. The first-order chi connectivity index (χ1) is 11.0. The molecule has 21 heavy (non-hydrogen) atoms. The lowest BCUT2D eigenvalue weighted by Crippen LogP contribution is -2.05. The molecule has 9 heteroatoms. The molecular formula is C12H13N3O5S. The maximum Gasteiger partial charge on any atom is 0.342 e. The smallest absolute Gasteiger partial charge is 0.342 e. The molecule has 0 amide bonds. The van der Waals surface area contributed by atoms with E-state index in [0.717, 1.165) is 12.5 Å². The van der Waals surface area contributed by atoms with E-state index in [9.17, 15) is 18.5 Å². The van der Waals surface area contributed by atoms with E-state index in [1.807, 2.05) is 0 Å². The van der Waals surface area contributed by atoms with Gasteiger partial charge in [-0.05, 0) is 29.2 Å². The Morgan fingerprint density at radius 3 is 2.62 bits per heavy atom. The van der Waals surface area contributed by atoms with E-state index in [-0.39, 0.29) is 23.1 Å². The highest BCUT2D eigenvalue weighted by molar-refractivity contribution is 7.90. The Balaban J connectivity index is 2.22. The molecule has 0 N–H and O–H groups in total. The minimum absolute atomic E-state index is 0.106. The van der Waals surface area contributed by atoms with Gasteiger partial charge >= 0.3 is 5.82 Å². The molecule has 0 bridgehead atoms. The third kappa shape index (κ3) is 3.37. The van der Waals surface area contributed by atoms with Gasteiger partial charge in [0.05, 0.1) is 16.0 Å². The average Bonchev–Trinajstić information content (AvgIpc) is 2.89.